The molecule has 2 aliphatic rings. The van der Waals surface area contributed by atoms with E-state index in [4.69, 9.17) is 4.74 Å². The lowest BCUT2D eigenvalue weighted by molar-refractivity contribution is 0.0921. The summed E-state index contributed by atoms with van der Waals surface area (Å²) in [5.74, 6) is 1.52. The van der Waals surface area contributed by atoms with Gasteiger partial charge in [-0.3, -0.25) is 4.90 Å². The number of aliphatic hydroxyl groups excluding tert-OH is 1. The number of anilines is 1. The molecule has 1 N–H and O–H groups in total. The summed E-state index contributed by atoms with van der Waals surface area (Å²) in [6, 6.07) is 8.19. The van der Waals surface area contributed by atoms with Crippen molar-refractivity contribution in [2.24, 2.45) is 5.92 Å². The molecule has 1 heterocycles. The largest absolute Gasteiger partial charge is 0.495 e. The van der Waals surface area contributed by atoms with Crippen molar-refractivity contribution >= 4 is 5.69 Å². The minimum Gasteiger partial charge on any atom is -0.495 e. The Kier molecular flexibility index (Phi) is 4.13. The number of aliphatic hydroxyl groups is 1. The monoisotopic (exact) mass is 276 g/mol. The van der Waals surface area contributed by atoms with E-state index in [2.05, 4.69) is 21.9 Å². The second-order valence-electron chi connectivity index (χ2n) is 5.86. The topological polar surface area (TPSA) is 35.9 Å². The Morgan fingerprint density at radius 1 is 1.20 bits per heavy atom. The lowest BCUT2D eigenvalue weighted by atomic mass is 10.2. The highest BCUT2D eigenvalue weighted by molar-refractivity contribution is 5.58. The molecule has 20 heavy (non-hydrogen) atoms. The van der Waals surface area contributed by atoms with Crippen molar-refractivity contribution in [2.45, 2.75) is 18.9 Å². The number of piperazine rings is 1. The maximum atomic E-state index is 10.0. The van der Waals surface area contributed by atoms with Gasteiger partial charge in [0, 0.05) is 32.7 Å². The summed E-state index contributed by atoms with van der Waals surface area (Å²) in [5, 5.41) is 10.0. The molecule has 110 valence electrons. The summed E-state index contributed by atoms with van der Waals surface area (Å²) >= 11 is 0. The first-order valence-corrected chi connectivity index (χ1v) is 7.56. The van der Waals surface area contributed by atoms with Crippen LogP contribution in [0.25, 0.3) is 0 Å². The summed E-state index contributed by atoms with van der Waals surface area (Å²) in [6.45, 7) is 4.86. The fraction of sp³-hybridized carbons (Fsp3) is 0.625. The van der Waals surface area contributed by atoms with Crippen molar-refractivity contribution in [1.29, 1.82) is 0 Å². The Morgan fingerprint density at radius 3 is 2.55 bits per heavy atom. The number of hydrogen-bond acceptors (Lipinski definition) is 4. The van der Waals surface area contributed by atoms with E-state index in [-0.39, 0.29) is 6.10 Å². The predicted molar refractivity (Wildman–Crippen MR) is 80.4 cm³/mol. The van der Waals surface area contributed by atoms with Gasteiger partial charge in [0.15, 0.2) is 0 Å². The maximum Gasteiger partial charge on any atom is 0.142 e. The third kappa shape index (κ3) is 3.07. The normalized spacial score (nSPS) is 21.8. The van der Waals surface area contributed by atoms with E-state index >= 15 is 0 Å². The fourth-order valence-electron chi connectivity index (χ4n) is 2.96. The number of nitrogens with zero attached hydrogens (tertiary/aromatic N) is 2. The van der Waals surface area contributed by atoms with E-state index in [0.29, 0.717) is 5.92 Å². The van der Waals surface area contributed by atoms with Crippen LogP contribution >= 0.6 is 0 Å². The standard InChI is InChI=1S/C16H24N2O2/c1-20-16-5-3-2-4-14(16)18-10-8-17(9-11-18)12-15(19)13-6-7-13/h2-5,13,15,19H,6-12H2,1H3. The van der Waals surface area contributed by atoms with Gasteiger partial charge in [-0.1, -0.05) is 12.1 Å². The Balaban J connectivity index is 1.55. The van der Waals surface area contributed by atoms with Crippen molar-refractivity contribution in [1.82, 2.24) is 4.90 Å². The molecule has 1 unspecified atom stereocenters. The van der Waals surface area contributed by atoms with Crippen LogP contribution in [0.5, 0.6) is 5.75 Å². The van der Waals surface area contributed by atoms with Gasteiger partial charge < -0.3 is 14.7 Å². The number of rotatable bonds is 5. The highest BCUT2D eigenvalue weighted by Crippen LogP contribution is 2.33. The zero-order valence-electron chi connectivity index (χ0n) is 12.2. The van der Waals surface area contributed by atoms with Crippen LogP contribution in [0.4, 0.5) is 5.69 Å². The Bertz CT molecular complexity index is 440. The Morgan fingerprint density at radius 2 is 1.90 bits per heavy atom. The van der Waals surface area contributed by atoms with Crippen LogP contribution in [-0.2, 0) is 0 Å². The predicted octanol–water partition coefficient (Wildman–Crippen LogP) is 1.59. The molecule has 0 amide bonds. The summed E-state index contributed by atoms with van der Waals surface area (Å²) < 4.78 is 5.43. The second kappa shape index (κ2) is 6.02. The van der Waals surface area contributed by atoms with Crippen molar-refractivity contribution < 1.29 is 9.84 Å². The molecule has 0 bridgehead atoms. The quantitative estimate of drug-likeness (QED) is 0.886. The molecule has 1 aromatic rings. The molecular formula is C16H24N2O2. The first-order valence-electron chi connectivity index (χ1n) is 7.56. The lowest BCUT2D eigenvalue weighted by Gasteiger charge is -2.37. The number of β-amino-alcohol motifs (C(OH)–C–C–N with tert-alkyl or cyclic N) is 1. The molecule has 1 saturated carbocycles. The van der Waals surface area contributed by atoms with Gasteiger partial charge in [0.05, 0.1) is 18.9 Å². The number of para-hydroxylation sites is 2. The van der Waals surface area contributed by atoms with Gasteiger partial charge >= 0.3 is 0 Å². The number of benzene rings is 1. The zero-order chi connectivity index (χ0) is 13.9. The van der Waals surface area contributed by atoms with Crippen molar-refractivity contribution in [2.75, 3.05) is 44.7 Å². The third-order valence-electron chi connectivity index (χ3n) is 4.41. The second-order valence-corrected chi connectivity index (χ2v) is 5.86. The van der Waals surface area contributed by atoms with E-state index in [1.54, 1.807) is 7.11 Å². The first-order chi connectivity index (χ1) is 9.78. The molecular weight excluding hydrogens is 252 g/mol. The highest BCUT2D eigenvalue weighted by atomic mass is 16.5. The van der Waals surface area contributed by atoms with Crippen LogP contribution < -0.4 is 9.64 Å². The van der Waals surface area contributed by atoms with E-state index in [1.807, 2.05) is 12.1 Å². The van der Waals surface area contributed by atoms with Crippen LogP contribution in [-0.4, -0.2) is 55.9 Å². The van der Waals surface area contributed by atoms with E-state index in [1.165, 1.54) is 18.5 Å². The van der Waals surface area contributed by atoms with Crippen LogP contribution in [0.3, 0.4) is 0 Å². The van der Waals surface area contributed by atoms with Gasteiger partial charge in [-0.2, -0.15) is 0 Å². The zero-order valence-corrected chi connectivity index (χ0v) is 12.2. The molecule has 1 atom stereocenters. The van der Waals surface area contributed by atoms with E-state index in [0.717, 1.165) is 38.5 Å². The highest BCUT2D eigenvalue weighted by Gasteiger charge is 2.31. The Hall–Kier alpha value is -1.26. The molecule has 2 fully saturated rings. The summed E-state index contributed by atoms with van der Waals surface area (Å²) in [5.41, 5.74) is 1.18. The first kappa shape index (κ1) is 13.7. The molecule has 0 aromatic heterocycles. The fourth-order valence-corrected chi connectivity index (χ4v) is 2.96. The number of hydrogen-bond donors (Lipinski definition) is 1. The number of methoxy groups -OCH3 is 1. The molecule has 1 aliphatic heterocycles. The third-order valence-corrected chi connectivity index (χ3v) is 4.41. The molecule has 4 nitrogen and oxygen atoms in total. The number of ether oxygens (including phenoxy) is 1. The summed E-state index contributed by atoms with van der Waals surface area (Å²) in [7, 11) is 1.72. The van der Waals surface area contributed by atoms with Gasteiger partial charge in [0.1, 0.15) is 5.75 Å². The average molecular weight is 276 g/mol. The van der Waals surface area contributed by atoms with Crippen LogP contribution in [0.1, 0.15) is 12.8 Å². The molecule has 1 saturated heterocycles. The molecule has 4 heteroatoms. The summed E-state index contributed by atoms with van der Waals surface area (Å²) in [6.07, 6.45) is 2.30. The van der Waals surface area contributed by atoms with Crippen LogP contribution in [0.15, 0.2) is 24.3 Å². The van der Waals surface area contributed by atoms with E-state index in [9.17, 15) is 5.11 Å². The van der Waals surface area contributed by atoms with E-state index < -0.39 is 0 Å². The maximum absolute atomic E-state index is 10.0. The van der Waals surface area contributed by atoms with Gasteiger partial charge in [0.25, 0.3) is 0 Å². The van der Waals surface area contributed by atoms with Crippen LogP contribution in [0, 0.1) is 5.92 Å². The van der Waals surface area contributed by atoms with Gasteiger partial charge in [-0.25, -0.2) is 0 Å². The van der Waals surface area contributed by atoms with Gasteiger partial charge in [-0.05, 0) is 30.9 Å². The molecule has 0 radical (unpaired) electrons. The summed E-state index contributed by atoms with van der Waals surface area (Å²) in [4.78, 5) is 4.76. The molecule has 0 spiro atoms. The smallest absolute Gasteiger partial charge is 0.142 e. The SMILES string of the molecule is COc1ccccc1N1CCN(CC(O)C2CC2)CC1. The van der Waals surface area contributed by atoms with Crippen molar-refractivity contribution in [3.05, 3.63) is 24.3 Å². The van der Waals surface area contributed by atoms with Crippen molar-refractivity contribution in [3.63, 3.8) is 0 Å². The van der Waals surface area contributed by atoms with Crippen molar-refractivity contribution in [3.8, 4) is 5.75 Å². The molecule has 1 aliphatic carbocycles. The Labute approximate surface area is 120 Å². The minimum atomic E-state index is -0.118. The van der Waals surface area contributed by atoms with Crippen LogP contribution in [0.2, 0.25) is 0 Å². The van der Waals surface area contributed by atoms with Gasteiger partial charge in [-0.15, -0.1) is 0 Å². The molecule has 1 aromatic carbocycles. The molecule has 3 rings (SSSR count). The minimum absolute atomic E-state index is 0.118. The lowest BCUT2D eigenvalue weighted by Crippen LogP contribution is -2.49. The van der Waals surface area contributed by atoms with Gasteiger partial charge in [0.2, 0.25) is 0 Å². The average Bonchev–Trinajstić information content (AvgIpc) is 3.33.